The van der Waals surface area contributed by atoms with E-state index >= 15 is 0 Å². The molecule has 1 aromatic carbocycles. The Morgan fingerprint density at radius 1 is 1.12 bits per heavy atom. The average molecular weight is 473 g/mol. The number of rotatable bonds is 5. The average Bonchev–Trinajstić information content (AvgIpc) is 2.75. The van der Waals surface area contributed by atoms with E-state index in [0.29, 0.717) is 16.9 Å². The molecule has 0 radical (unpaired) electrons. The van der Waals surface area contributed by atoms with Crippen molar-refractivity contribution in [1.82, 2.24) is 4.98 Å². The lowest BCUT2D eigenvalue weighted by Crippen LogP contribution is -2.57. The van der Waals surface area contributed by atoms with Gasteiger partial charge in [-0.1, -0.05) is 53.5 Å². The minimum atomic E-state index is -0.947. The van der Waals surface area contributed by atoms with Crippen LogP contribution in [-0.2, 0) is 19.7 Å². The number of nitrogens with zero attached hydrogens (tertiary/aromatic N) is 1. The number of aromatic nitrogens is 1. The van der Waals surface area contributed by atoms with Crippen LogP contribution in [0.3, 0.4) is 0 Å². The predicted molar refractivity (Wildman–Crippen MR) is 124 cm³/mol. The molecule has 4 saturated carbocycles. The normalized spacial score (nSPS) is 31.2. The molecule has 1 N–H and O–H groups in total. The van der Waals surface area contributed by atoms with Crippen LogP contribution in [0.15, 0.2) is 42.6 Å². The van der Waals surface area contributed by atoms with Crippen LogP contribution in [0.1, 0.15) is 51.0 Å². The number of ether oxygens (including phenoxy) is 1. The molecular weight excluding hydrogens is 447 g/mol. The maximum Gasteiger partial charge on any atom is 0.312 e. The van der Waals surface area contributed by atoms with Crippen LogP contribution in [0.5, 0.6) is 0 Å². The first-order valence-electron chi connectivity index (χ1n) is 11.2. The number of anilines is 1. The van der Waals surface area contributed by atoms with Crippen molar-refractivity contribution in [1.29, 1.82) is 0 Å². The number of carbonyl (C=O) groups excluding carboxylic acids is 2. The summed E-state index contributed by atoms with van der Waals surface area (Å²) in [6, 6.07) is 12.1. The van der Waals surface area contributed by atoms with Crippen LogP contribution in [-0.4, -0.2) is 23.0 Å². The van der Waals surface area contributed by atoms with Gasteiger partial charge in [0.1, 0.15) is 0 Å². The van der Waals surface area contributed by atoms with E-state index in [9.17, 15) is 9.59 Å². The Morgan fingerprint density at radius 2 is 1.81 bits per heavy atom. The smallest absolute Gasteiger partial charge is 0.312 e. The molecule has 7 heteroatoms. The number of amides is 1. The Kier molecular flexibility index (Phi) is 5.45. The van der Waals surface area contributed by atoms with Crippen molar-refractivity contribution in [2.75, 3.05) is 5.32 Å². The number of benzene rings is 1. The van der Waals surface area contributed by atoms with E-state index in [1.54, 1.807) is 6.92 Å². The first kappa shape index (κ1) is 21.7. The Labute approximate surface area is 197 Å². The summed E-state index contributed by atoms with van der Waals surface area (Å²) in [5.41, 5.74) is 0.863. The second kappa shape index (κ2) is 8.03. The standard InChI is InChI=1S/C25H26Cl2N2O3/c1-15(22(30)29-21-20(27)8-19(26)13-28-21)32-23(31)25-11-16-7-17(12-25)10-24(9-16,14-25)18-5-3-2-4-6-18/h2-6,8,13,15-17H,7,9-12,14H2,1H3,(H,28,29,30)/t15-,16-,17+,24?,25?/m0/s1. The SMILES string of the molecule is C[C@H](OC(=O)C12C[C@H]3C[C@@H](C1)CC(c1ccccc1)(C3)C2)C(=O)Nc1ncc(Cl)cc1Cl. The van der Waals surface area contributed by atoms with Gasteiger partial charge in [0.25, 0.3) is 5.91 Å². The van der Waals surface area contributed by atoms with Crippen molar-refractivity contribution >= 4 is 40.9 Å². The Balaban J connectivity index is 1.32. The first-order chi connectivity index (χ1) is 15.3. The molecule has 5 atom stereocenters. The zero-order valence-corrected chi connectivity index (χ0v) is 19.5. The van der Waals surface area contributed by atoms with Gasteiger partial charge in [-0.2, -0.15) is 0 Å². The molecule has 0 spiro atoms. The fraction of sp³-hybridized carbons (Fsp3) is 0.480. The molecule has 1 aromatic heterocycles. The molecule has 0 saturated heterocycles. The van der Waals surface area contributed by atoms with Crippen molar-refractivity contribution in [2.24, 2.45) is 17.3 Å². The summed E-state index contributed by atoms with van der Waals surface area (Å²) < 4.78 is 5.77. The number of halogens is 2. The minimum absolute atomic E-state index is 0.0383. The largest absolute Gasteiger partial charge is 0.452 e. The molecule has 0 aliphatic heterocycles. The van der Waals surface area contributed by atoms with Crippen molar-refractivity contribution in [2.45, 2.75) is 57.0 Å². The lowest BCUT2D eigenvalue weighted by molar-refractivity contribution is -0.180. The van der Waals surface area contributed by atoms with Gasteiger partial charge in [0.15, 0.2) is 11.9 Å². The van der Waals surface area contributed by atoms with E-state index in [4.69, 9.17) is 27.9 Å². The van der Waals surface area contributed by atoms with E-state index in [2.05, 4.69) is 34.6 Å². The minimum Gasteiger partial charge on any atom is -0.452 e. The molecule has 4 bridgehead atoms. The topological polar surface area (TPSA) is 68.3 Å². The maximum atomic E-state index is 13.5. The van der Waals surface area contributed by atoms with Crippen LogP contribution in [0.2, 0.25) is 10.0 Å². The Morgan fingerprint density at radius 3 is 2.47 bits per heavy atom. The third-order valence-corrected chi connectivity index (χ3v) is 8.08. The fourth-order valence-corrected chi connectivity index (χ4v) is 7.12. The molecule has 4 fully saturated rings. The van der Waals surface area contributed by atoms with Gasteiger partial charge in [0, 0.05) is 6.20 Å². The summed E-state index contributed by atoms with van der Waals surface area (Å²) >= 11 is 12.0. The van der Waals surface area contributed by atoms with Gasteiger partial charge in [-0.05, 0) is 74.3 Å². The van der Waals surface area contributed by atoms with Crippen molar-refractivity contribution in [3.63, 3.8) is 0 Å². The van der Waals surface area contributed by atoms with Crippen molar-refractivity contribution in [3.05, 3.63) is 58.2 Å². The van der Waals surface area contributed by atoms with Crippen LogP contribution in [0, 0.1) is 17.3 Å². The maximum absolute atomic E-state index is 13.5. The highest BCUT2D eigenvalue weighted by molar-refractivity contribution is 6.36. The number of hydrogen-bond donors (Lipinski definition) is 1. The van der Waals surface area contributed by atoms with Crippen molar-refractivity contribution < 1.29 is 14.3 Å². The number of carbonyl (C=O) groups is 2. The van der Waals surface area contributed by atoms with Crippen LogP contribution in [0.4, 0.5) is 5.82 Å². The quantitative estimate of drug-likeness (QED) is 0.558. The van der Waals surface area contributed by atoms with Crippen molar-refractivity contribution in [3.8, 4) is 0 Å². The second-order valence-corrected chi connectivity index (χ2v) is 10.8. The zero-order chi connectivity index (χ0) is 22.5. The molecule has 6 rings (SSSR count). The van der Waals surface area contributed by atoms with Gasteiger partial charge >= 0.3 is 5.97 Å². The Bertz CT molecular complexity index is 1040. The summed E-state index contributed by atoms with van der Waals surface area (Å²) in [5.74, 6) is 0.555. The van der Waals surface area contributed by atoms with Gasteiger partial charge in [-0.3, -0.25) is 9.59 Å². The summed E-state index contributed by atoms with van der Waals surface area (Å²) in [7, 11) is 0. The summed E-state index contributed by atoms with van der Waals surface area (Å²) in [4.78, 5) is 30.2. The van der Waals surface area contributed by atoms with Gasteiger partial charge in [0.2, 0.25) is 0 Å². The van der Waals surface area contributed by atoms with E-state index in [0.717, 1.165) is 32.1 Å². The first-order valence-corrected chi connectivity index (χ1v) is 11.9. The summed E-state index contributed by atoms with van der Waals surface area (Å²) in [6.07, 6.45) is 6.44. The summed E-state index contributed by atoms with van der Waals surface area (Å²) in [6.45, 7) is 1.59. The van der Waals surface area contributed by atoms with Gasteiger partial charge in [-0.25, -0.2) is 4.98 Å². The van der Waals surface area contributed by atoms with Crippen LogP contribution >= 0.6 is 23.2 Å². The number of esters is 1. The molecule has 2 aromatic rings. The summed E-state index contributed by atoms with van der Waals surface area (Å²) in [5, 5.41) is 3.24. The number of pyridine rings is 1. The highest BCUT2D eigenvalue weighted by Crippen LogP contribution is 2.66. The van der Waals surface area contributed by atoms with Gasteiger partial charge < -0.3 is 10.1 Å². The molecular formula is C25H26Cl2N2O3. The molecule has 5 nitrogen and oxygen atoms in total. The zero-order valence-electron chi connectivity index (χ0n) is 17.9. The second-order valence-electron chi connectivity index (χ2n) is 9.91. The van der Waals surface area contributed by atoms with Gasteiger partial charge in [-0.15, -0.1) is 0 Å². The number of nitrogens with one attached hydrogen (secondary N) is 1. The number of hydrogen-bond acceptors (Lipinski definition) is 4. The Hall–Kier alpha value is -2.11. The molecule has 32 heavy (non-hydrogen) atoms. The van der Waals surface area contributed by atoms with E-state index in [-0.39, 0.29) is 22.2 Å². The predicted octanol–water partition coefficient (Wildman–Crippen LogP) is 5.80. The van der Waals surface area contributed by atoms with E-state index in [1.807, 2.05) is 6.07 Å². The fourth-order valence-electron chi connectivity index (χ4n) is 6.69. The monoisotopic (exact) mass is 472 g/mol. The van der Waals surface area contributed by atoms with Crippen LogP contribution < -0.4 is 5.32 Å². The third kappa shape index (κ3) is 3.80. The molecule has 2 unspecified atom stereocenters. The highest BCUT2D eigenvalue weighted by Gasteiger charge is 2.61. The van der Waals surface area contributed by atoms with Gasteiger partial charge in [0.05, 0.1) is 15.5 Å². The van der Waals surface area contributed by atoms with Crippen LogP contribution in [0.25, 0.3) is 0 Å². The molecule has 1 amide bonds. The molecule has 1 heterocycles. The third-order valence-electron chi connectivity index (χ3n) is 7.58. The molecule has 4 aliphatic rings. The molecule has 168 valence electrons. The van der Waals surface area contributed by atoms with E-state index in [1.165, 1.54) is 24.2 Å². The highest BCUT2D eigenvalue weighted by atomic mass is 35.5. The lowest BCUT2D eigenvalue weighted by atomic mass is 9.43. The molecule has 4 aliphatic carbocycles. The van der Waals surface area contributed by atoms with E-state index < -0.39 is 17.4 Å². The lowest BCUT2D eigenvalue weighted by Gasteiger charge is -2.61.